The number of halogens is 1. The number of ether oxygens (including phenoxy) is 2. The molecule has 1 aromatic rings. The third kappa shape index (κ3) is 8.47. The van der Waals surface area contributed by atoms with E-state index in [4.69, 9.17) is 9.47 Å². The highest BCUT2D eigenvalue weighted by Crippen LogP contribution is 2.18. The number of piperidine rings is 1. The van der Waals surface area contributed by atoms with E-state index in [1.165, 1.54) is 0 Å². The molecule has 1 unspecified atom stereocenters. The summed E-state index contributed by atoms with van der Waals surface area (Å²) in [7, 11) is 0. The van der Waals surface area contributed by atoms with Gasteiger partial charge < -0.3 is 19.7 Å². The molecule has 1 saturated heterocycles. The smallest absolute Gasteiger partial charge is 0.310 e. The summed E-state index contributed by atoms with van der Waals surface area (Å²) in [6, 6.07) is 10.1. The molecule has 1 N–H and O–H groups in total. The topological polar surface area (TPSA) is 63.2 Å². The maximum Gasteiger partial charge on any atom is 0.310 e. The minimum absolute atomic E-state index is 0. The zero-order chi connectivity index (χ0) is 18.6. The van der Waals surface area contributed by atoms with Crippen LogP contribution in [0, 0.1) is 5.92 Å². The average Bonchev–Trinajstić information content (AvgIpc) is 2.68. The van der Waals surface area contributed by atoms with Crippen LogP contribution in [0.2, 0.25) is 0 Å². The minimum atomic E-state index is -0.0979. The molecule has 1 aromatic carbocycles. The van der Waals surface area contributed by atoms with Crippen LogP contribution in [-0.4, -0.2) is 56.2 Å². The average molecular weight is 489 g/mol. The van der Waals surface area contributed by atoms with E-state index in [0.717, 1.165) is 37.5 Å². The van der Waals surface area contributed by atoms with Gasteiger partial charge in [0, 0.05) is 19.6 Å². The molecule has 1 aliphatic heterocycles. The fourth-order valence-corrected chi connectivity index (χ4v) is 3.03. The highest BCUT2D eigenvalue weighted by molar-refractivity contribution is 14.0. The van der Waals surface area contributed by atoms with Gasteiger partial charge in [0.15, 0.2) is 5.96 Å². The van der Waals surface area contributed by atoms with Crippen molar-refractivity contribution in [2.75, 3.05) is 39.4 Å². The summed E-state index contributed by atoms with van der Waals surface area (Å²) >= 11 is 0. The normalized spacial score (nSPS) is 17.2. The summed E-state index contributed by atoms with van der Waals surface area (Å²) in [6.45, 7) is 8.46. The fourth-order valence-electron chi connectivity index (χ4n) is 3.03. The molecule has 6 nitrogen and oxygen atoms in total. The molecule has 152 valence electrons. The van der Waals surface area contributed by atoms with Crippen LogP contribution in [0.25, 0.3) is 0 Å². The Labute approximate surface area is 179 Å². The fraction of sp³-hybridized carbons (Fsp3) is 0.600. The second-order valence-electron chi connectivity index (χ2n) is 6.31. The van der Waals surface area contributed by atoms with Crippen LogP contribution in [0.5, 0.6) is 0 Å². The van der Waals surface area contributed by atoms with E-state index >= 15 is 0 Å². The van der Waals surface area contributed by atoms with Gasteiger partial charge in [-0.2, -0.15) is 0 Å². The number of guanidine groups is 1. The van der Waals surface area contributed by atoms with E-state index < -0.39 is 0 Å². The predicted octanol–water partition coefficient (Wildman–Crippen LogP) is 3.06. The maximum atomic E-state index is 12.0. The van der Waals surface area contributed by atoms with Crippen molar-refractivity contribution in [2.24, 2.45) is 10.9 Å². The highest BCUT2D eigenvalue weighted by Gasteiger charge is 2.28. The number of nitrogens with zero attached hydrogens (tertiary/aromatic N) is 2. The Bertz CT molecular complexity index is 569. The first-order valence-electron chi connectivity index (χ1n) is 9.56. The van der Waals surface area contributed by atoms with Crippen molar-refractivity contribution < 1.29 is 14.3 Å². The van der Waals surface area contributed by atoms with Crippen LogP contribution in [0.4, 0.5) is 0 Å². The summed E-state index contributed by atoms with van der Waals surface area (Å²) in [4.78, 5) is 18.8. The zero-order valence-corrected chi connectivity index (χ0v) is 18.7. The number of benzene rings is 1. The first-order chi connectivity index (χ1) is 12.7. The van der Waals surface area contributed by atoms with Crippen LogP contribution in [0.15, 0.2) is 35.3 Å². The molecule has 0 bridgehead atoms. The first-order valence-corrected chi connectivity index (χ1v) is 9.56. The van der Waals surface area contributed by atoms with Gasteiger partial charge in [-0.25, -0.2) is 0 Å². The quantitative estimate of drug-likeness (QED) is 0.200. The monoisotopic (exact) mass is 489 g/mol. The molecule has 7 heteroatoms. The third-order valence-corrected chi connectivity index (χ3v) is 4.28. The number of aliphatic imine (C=N–C) groups is 1. The molecular weight excluding hydrogens is 457 g/mol. The van der Waals surface area contributed by atoms with Gasteiger partial charge in [0.2, 0.25) is 0 Å². The number of carbonyl (C=O) groups is 1. The van der Waals surface area contributed by atoms with Crippen LogP contribution in [-0.2, 0) is 20.9 Å². The van der Waals surface area contributed by atoms with Crippen molar-refractivity contribution in [3.05, 3.63) is 35.9 Å². The Balaban J connectivity index is 0.00000364. The van der Waals surface area contributed by atoms with E-state index in [9.17, 15) is 4.79 Å². The highest BCUT2D eigenvalue weighted by atomic mass is 127. The van der Waals surface area contributed by atoms with Gasteiger partial charge in [-0.15, -0.1) is 24.0 Å². The molecule has 0 radical (unpaired) electrons. The summed E-state index contributed by atoms with van der Waals surface area (Å²) in [5.41, 5.74) is 1.16. The molecule has 2 rings (SSSR count). The number of hydrogen-bond acceptors (Lipinski definition) is 4. The Kier molecular flexibility index (Phi) is 12.1. The van der Waals surface area contributed by atoms with E-state index in [1.807, 2.05) is 32.0 Å². The second kappa shape index (κ2) is 13.8. The van der Waals surface area contributed by atoms with Crippen molar-refractivity contribution in [1.82, 2.24) is 10.2 Å². The number of hydrogen-bond donors (Lipinski definition) is 1. The Morgan fingerprint density at radius 3 is 2.78 bits per heavy atom. The second-order valence-corrected chi connectivity index (χ2v) is 6.31. The molecule has 0 saturated carbocycles. The lowest BCUT2D eigenvalue weighted by Gasteiger charge is -2.34. The Morgan fingerprint density at radius 1 is 1.30 bits per heavy atom. The van der Waals surface area contributed by atoms with Crippen LogP contribution in [0.3, 0.4) is 0 Å². The van der Waals surface area contributed by atoms with Gasteiger partial charge in [-0.05, 0) is 32.3 Å². The van der Waals surface area contributed by atoms with Crippen molar-refractivity contribution >= 4 is 35.9 Å². The van der Waals surface area contributed by atoms with E-state index in [0.29, 0.717) is 32.9 Å². The third-order valence-electron chi connectivity index (χ3n) is 4.28. The standard InChI is InChI=1S/C20H31N3O3.HI/c1-3-21-20(22-12-14-25-16-17-9-6-5-7-10-17)23-13-8-11-18(15-23)19(24)26-4-2;/h5-7,9-10,18H,3-4,8,11-16H2,1-2H3,(H,21,22);1H. The lowest BCUT2D eigenvalue weighted by Crippen LogP contribution is -2.48. The van der Waals surface area contributed by atoms with Crippen LogP contribution in [0.1, 0.15) is 32.3 Å². The number of carbonyl (C=O) groups excluding carboxylic acids is 1. The number of nitrogens with one attached hydrogen (secondary N) is 1. The van der Waals surface area contributed by atoms with Gasteiger partial charge in [0.1, 0.15) is 0 Å². The predicted molar refractivity (Wildman–Crippen MR) is 118 cm³/mol. The van der Waals surface area contributed by atoms with Gasteiger partial charge in [0.25, 0.3) is 0 Å². The zero-order valence-electron chi connectivity index (χ0n) is 16.4. The summed E-state index contributed by atoms with van der Waals surface area (Å²) in [6.07, 6.45) is 1.85. The van der Waals surface area contributed by atoms with Crippen LogP contribution >= 0.6 is 24.0 Å². The SMILES string of the molecule is CCNC(=NCCOCc1ccccc1)N1CCCC(C(=O)OCC)C1.I. The van der Waals surface area contributed by atoms with Crippen molar-refractivity contribution in [2.45, 2.75) is 33.3 Å². The summed E-state index contributed by atoms with van der Waals surface area (Å²) in [5.74, 6) is 0.686. The number of likely N-dealkylation sites (tertiary alicyclic amines) is 1. The maximum absolute atomic E-state index is 12.0. The van der Waals surface area contributed by atoms with E-state index in [2.05, 4.69) is 27.3 Å². The van der Waals surface area contributed by atoms with Crippen LogP contribution < -0.4 is 5.32 Å². The molecule has 1 aliphatic rings. The van der Waals surface area contributed by atoms with Gasteiger partial charge in [-0.3, -0.25) is 9.79 Å². The molecule has 27 heavy (non-hydrogen) atoms. The lowest BCUT2D eigenvalue weighted by atomic mass is 9.98. The van der Waals surface area contributed by atoms with Gasteiger partial charge >= 0.3 is 5.97 Å². The summed E-state index contributed by atoms with van der Waals surface area (Å²) < 4.78 is 10.9. The molecule has 0 aliphatic carbocycles. The van der Waals surface area contributed by atoms with Crippen molar-refractivity contribution in [3.63, 3.8) is 0 Å². The van der Waals surface area contributed by atoms with Crippen molar-refractivity contribution in [1.29, 1.82) is 0 Å². The molecule has 0 aromatic heterocycles. The molecule has 0 spiro atoms. The first kappa shape index (κ1) is 23.7. The molecule has 1 heterocycles. The number of esters is 1. The molecular formula is C20H32IN3O3. The molecule has 1 fully saturated rings. The molecule has 0 amide bonds. The summed E-state index contributed by atoms with van der Waals surface area (Å²) in [5, 5.41) is 3.32. The van der Waals surface area contributed by atoms with Gasteiger partial charge in [-0.1, -0.05) is 30.3 Å². The molecule has 1 atom stereocenters. The van der Waals surface area contributed by atoms with E-state index in [-0.39, 0.29) is 35.9 Å². The minimum Gasteiger partial charge on any atom is -0.466 e. The van der Waals surface area contributed by atoms with Gasteiger partial charge in [0.05, 0.1) is 32.3 Å². The largest absolute Gasteiger partial charge is 0.466 e. The Hall–Kier alpha value is -1.35. The van der Waals surface area contributed by atoms with E-state index in [1.54, 1.807) is 0 Å². The van der Waals surface area contributed by atoms with Crippen molar-refractivity contribution in [3.8, 4) is 0 Å². The number of rotatable bonds is 8. The lowest BCUT2D eigenvalue weighted by molar-refractivity contribution is -0.149. The Morgan fingerprint density at radius 2 is 2.07 bits per heavy atom.